The number of anilines is 1. The lowest BCUT2D eigenvalue weighted by Crippen LogP contribution is -2.20. The number of nitrogens with zero attached hydrogens (tertiary/aromatic N) is 1. The first-order valence-electron chi connectivity index (χ1n) is 13.2. The van der Waals surface area contributed by atoms with E-state index in [9.17, 15) is 9.59 Å². The molecular weight excluding hydrogens is 593 g/mol. The number of carbonyl (C=O) groups is 2. The first kappa shape index (κ1) is 31.2. The van der Waals surface area contributed by atoms with Gasteiger partial charge in [0, 0.05) is 16.3 Å². The van der Waals surface area contributed by atoms with Crippen LogP contribution >= 0.6 is 23.2 Å². The van der Waals surface area contributed by atoms with Crippen molar-refractivity contribution < 1.29 is 28.5 Å². The average Bonchev–Trinajstić information content (AvgIpc) is 3.01. The van der Waals surface area contributed by atoms with Gasteiger partial charge in [0.25, 0.3) is 11.8 Å². The molecule has 43 heavy (non-hydrogen) atoms. The molecule has 0 radical (unpaired) electrons. The lowest BCUT2D eigenvalue weighted by Gasteiger charge is -2.14. The van der Waals surface area contributed by atoms with E-state index < -0.39 is 5.91 Å². The zero-order chi connectivity index (χ0) is 30.6. The van der Waals surface area contributed by atoms with Crippen LogP contribution in [0.1, 0.15) is 28.4 Å². The molecule has 0 saturated carbocycles. The molecule has 0 aliphatic carbocycles. The van der Waals surface area contributed by atoms with Gasteiger partial charge in [0.1, 0.15) is 6.61 Å². The molecular formula is C32H29Cl2N3O6. The summed E-state index contributed by atoms with van der Waals surface area (Å²) in [5.74, 6) is 0.608. The number of halogens is 2. The molecule has 0 atom stereocenters. The quantitative estimate of drug-likeness (QED) is 0.126. The van der Waals surface area contributed by atoms with Crippen molar-refractivity contribution in [2.24, 2.45) is 5.10 Å². The maximum absolute atomic E-state index is 12.7. The lowest BCUT2D eigenvalue weighted by molar-refractivity contribution is -0.118. The highest BCUT2D eigenvalue weighted by Gasteiger charge is 2.15. The summed E-state index contributed by atoms with van der Waals surface area (Å²) in [6, 6.07) is 24.5. The van der Waals surface area contributed by atoms with Crippen LogP contribution in [0, 0.1) is 0 Å². The van der Waals surface area contributed by atoms with Crippen molar-refractivity contribution in [3.63, 3.8) is 0 Å². The Morgan fingerprint density at radius 3 is 2.35 bits per heavy atom. The zero-order valence-electron chi connectivity index (χ0n) is 23.4. The molecule has 0 spiro atoms. The van der Waals surface area contributed by atoms with Crippen LogP contribution in [-0.4, -0.2) is 38.4 Å². The van der Waals surface area contributed by atoms with Crippen LogP contribution in [0.3, 0.4) is 0 Å². The molecule has 4 rings (SSSR count). The third-order valence-electron chi connectivity index (χ3n) is 5.85. The molecule has 0 fully saturated rings. The van der Waals surface area contributed by atoms with Gasteiger partial charge in [-0.25, -0.2) is 5.43 Å². The highest BCUT2D eigenvalue weighted by atomic mass is 35.5. The van der Waals surface area contributed by atoms with Gasteiger partial charge in [-0.3, -0.25) is 9.59 Å². The smallest absolute Gasteiger partial charge is 0.271 e. The van der Waals surface area contributed by atoms with Crippen LogP contribution in [0.2, 0.25) is 10.0 Å². The summed E-state index contributed by atoms with van der Waals surface area (Å²) in [7, 11) is 1.50. The molecule has 0 aliphatic heterocycles. The van der Waals surface area contributed by atoms with Crippen LogP contribution in [0.25, 0.3) is 0 Å². The van der Waals surface area contributed by atoms with Gasteiger partial charge in [-0.15, -0.1) is 0 Å². The second-order valence-electron chi connectivity index (χ2n) is 8.95. The van der Waals surface area contributed by atoms with E-state index in [-0.39, 0.29) is 23.3 Å². The molecule has 0 bridgehead atoms. The molecule has 4 aromatic carbocycles. The fourth-order valence-electron chi connectivity index (χ4n) is 3.83. The minimum atomic E-state index is -0.452. The van der Waals surface area contributed by atoms with Crippen molar-refractivity contribution in [2.75, 3.05) is 25.6 Å². The van der Waals surface area contributed by atoms with E-state index >= 15 is 0 Å². The van der Waals surface area contributed by atoms with Crippen molar-refractivity contribution in [1.29, 1.82) is 0 Å². The van der Waals surface area contributed by atoms with Gasteiger partial charge in [-0.2, -0.15) is 5.10 Å². The predicted molar refractivity (Wildman–Crippen MR) is 167 cm³/mol. The Labute approximate surface area is 259 Å². The zero-order valence-corrected chi connectivity index (χ0v) is 24.9. The van der Waals surface area contributed by atoms with E-state index in [0.717, 1.165) is 5.56 Å². The van der Waals surface area contributed by atoms with Crippen LogP contribution in [0.4, 0.5) is 5.69 Å². The molecule has 222 valence electrons. The Morgan fingerprint density at radius 2 is 1.63 bits per heavy atom. The van der Waals surface area contributed by atoms with Gasteiger partial charge < -0.3 is 24.3 Å². The van der Waals surface area contributed by atoms with Crippen molar-refractivity contribution in [1.82, 2.24) is 5.43 Å². The number of hydrogen-bond donors (Lipinski definition) is 2. The second kappa shape index (κ2) is 15.5. The summed E-state index contributed by atoms with van der Waals surface area (Å²) in [6.07, 6.45) is 1.41. The topological polar surface area (TPSA) is 107 Å². The number of carbonyl (C=O) groups excluding carboxylic acids is 2. The SMILES string of the molecule is CCOc1cc(/C=N/NC(=O)c2ccc(OCc3ccccc3)c(OC)c2)cc(Cl)c1OCC(=O)Nc1ccc(Cl)cc1. The largest absolute Gasteiger partial charge is 0.493 e. The summed E-state index contributed by atoms with van der Waals surface area (Å²) in [4.78, 5) is 25.1. The molecule has 0 unspecified atom stereocenters. The molecule has 4 aromatic rings. The molecule has 11 heteroatoms. The summed E-state index contributed by atoms with van der Waals surface area (Å²) in [5.41, 5.74) is 4.93. The predicted octanol–water partition coefficient (Wildman–Crippen LogP) is 6.76. The monoisotopic (exact) mass is 621 g/mol. The highest BCUT2D eigenvalue weighted by Crippen LogP contribution is 2.36. The standard InChI is InChI=1S/C32H29Cl2N3O6/c1-3-41-29-16-22(15-26(34)31(29)43-20-30(38)36-25-12-10-24(33)11-13-25)18-35-37-32(39)23-9-14-27(28(17-23)40-2)42-19-21-7-5-4-6-8-21/h4-18H,3,19-20H2,1-2H3,(H,36,38)(H,37,39)/b35-18+. The van der Waals surface area contributed by atoms with E-state index in [0.29, 0.717) is 52.3 Å². The van der Waals surface area contributed by atoms with Crippen molar-refractivity contribution >= 4 is 46.9 Å². The van der Waals surface area contributed by atoms with Crippen molar-refractivity contribution in [2.45, 2.75) is 13.5 Å². The van der Waals surface area contributed by atoms with Crippen molar-refractivity contribution in [3.05, 3.63) is 112 Å². The Kier molecular flexibility index (Phi) is 11.2. The van der Waals surface area contributed by atoms with Gasteiger partial charge in [0.2, 0.25) is 0 Å². The average molecular weight is 623 g/mol. The maximum atomic E-state index is 12.7. The summed E-state index contributed by atoms with van der Waals surface area (Å²) in [6.45, 7) is 2.19. The number of amides is 2. The fraction of sp³-hybridized carbons (Fsp3) is 0.156. The third-order valence-corrected chi connectivity index (χ3v) is 6.38. The molecule has 2 amide bonds. The maximum Gasteiger partial charge on any atom is 0.271 e. The third kappa shape index (κ3) is 9.13. The normalized spacial score (nSPS) is 10.7. The molecule has 0 saturated heterocycles. The van der Waals surface area contributed by atoms with Crippen LogP contribution < -0.4 is 29.7 Å². The minimum absolute atomic E-state index is 0.203. The van der Waals surface area contributed by atoms with Crippen LogP contribution in [0.5, 0.6) is 23.0 Å². The number of nitrogens with one attached hydrogen (secondary N) is 2. The molecule has 0 aromatic heterocycles. The van der Waals surface area contributed by atoms with Gasteiger partial charge in [0.05, 0.1) is 25.0 Å². The fourth-order valence-corrected chi connectivity index (χ4v) is 4.23. The Hall–Kier alpha value is -4.73. The Balaban J connectivity index is 1.37. The van der Waals surface area contributed by atoms with Gasteiger partial charge in [-0.05, 0) is 72.6 Å². The molecule has 0 heterocycles. The van der Waals surface area contributed by atoms with E-state index in [1.165, 1.54) is 13.3 Å². The Morgan fingerprint density at radius 1 is 0.860 bits per heavy atom. The first-order chi connectivity index (χ1) is 20.9. The number of benzene rings is 4. The van der Waals surface area contributed by atoms with E-state index in [4.69, 9.17) is 42.1 Å². The summed E-state index contributed by atoms with van der Waals surface area (Å²) >= 11 is 12.3. The lowest BCUT2D eigenvalue weighted by atomic mass is 10.2. The van der Waals surface area contributed by atoms with E-state index in [1.807, 2.05) is 30.3 Å². The van der Waals surface area contributed by atoms with E-state index in [1.54, 1.807) is 61.5 Å². The van der Waals surface area contributed by atoms with Crippen LogP contribution in [-0.2, 0) is 11.4 Å². The number of hydrogen-bond acceptors (Lipinski definition) is 7. The number of methoxy groups -OCH3 is 1. The molecule has 0 aliphatic rings. The van der Waals surface area contributed by atoms with Gasteiger partial charge in [-0.1, -0.05) is 53.5 Å². The van der Waals surface area contributed by atoms with Crippen molar-refractivity contribution in [3.8, 4) is 23.0 Å². The Bertz CT molecular complexity index is 1580. The highest BCUT2D eigenvalue weighted by molar-refractivity contribution is 6.32. The van der Waals surface area contributed by atoms with Gasteiger partial charge >= 0.3 is 0 Å². The minimum Gasteiger partial charge on any atom is -0.493 e. The second-order valence-corrected chi connectivity index (χ2v) is 9.79. The summed E-state index contributed by atoms with van der Waals surface area (Å²) < 4.78 is 22.6. The number of rotatable bonds is 13. The molecule has 9 nitrogen and oxygen atoms in total. The number of ether oxygens (including phenoxy) is 4. The summed E-state index contributed by atoms with van der Waals surface area (Å²) in [5, 5.41) is 7.52. The van der Waals surface area contributed by atoms with E-state index in [2.05, 4.69) is 15.8 Å². The van der Waals surface area contributed by atoms with Gasteiger partial charge in [0.15, 0.2) is 29.6 Å². The van der Waals surface area contributed by atoms with Crippen LogP contribution in [0.15, 0.2) is 90.0 Å². The first-order valence-corrected chi connectivity index (χ1v) is 13.9. The molecule has 2 N–H and O–H groups in total. The number of hydrazone groups is 1.